The molecule has 4 rings (SSSR count). The van der Waals surface area contributed by atoms with Crippen molar-refractivity contribution in [3.8, 4) is 11.1 Å². The Balaban J connectivity index is 1.44. The Morgan fingerprint density at radius 1 is 1.12 bits per heavy atom. The van der Waals surface area contributed by atoms with Gasteiger partial charge in [-0.05, 0) is 35.1 Å². The highest BCUT2D eigenvalue weighted by Crippen LogP contribution is 2.44. The van der Waals surface area contributed by atoms with Crippen LogP contribution in [0.15, 0.2) is 48.5 Å². The van der Waals surface area contributed by atoms with Crippen LogP contribution in [0.3, 0.4) is 0 Å². The average molecular weight is 467 g/mol. The molecule has 2 amide bonds. The van der Waals surface area contributed by atoms with E-state index in [4.69, 9.17) is 14.6 Å². The minimum atomic E-state index is -1.03. The second-order valence-electron chi connectivity index (χ2n) is 8.62. The van der Waals surface area contributed by atoms with Crippen LogP contribution in [0, 0.1) is 0 Å². The van der Waals surface area contributed by atoms with Gasteiger partial charge in [-0.15, -0.1) is 0 Å². The summed E-state index contributed by atoms with van der Waals surface area (Å²) in [6, 6.07) is 15.0. The van der Waals surface area contributed by atoms with Crippen molar-refractivity contribution in [1.29, 1.82) is 0 Å². The Morgan fingerprint density at radius 2 is 1.76 bits per heavy atom. The lowest BCUT2D eigenvalue weighted by Gasteiger charge is -2.37. The van der Waals surface area contributed by atoms with E-state index in [2.05, 4.69) is 17.4 Å². The van der Waals surface area contributed by atoms with Crippen LogP contribution in [0.5, 0.6) is 0 Å². The van der Waals surface area contributed by atoms with Gasteiger partial charge in [0.25, 0.3) is 0 Å². The van der Waals surface area contributed by atoms with Crippen molar-refractivity contribution in [1.82, 2.24) is 10.2 Å². The maximum absolute atomic E-state index is 13.2. The van der Waals surface area contributed by atoms with Crippen molar-refractivity contribution < 1.29 is 29.0 Å². The van der Waals surface area contributed by atoms with Crippen molar-refractivity contribution in [2.24, 2.45) is 0 Å². The number of nitrogens with one attached hydrogen (secondary N) is 1. The molecular formula is C26H30N2O6. The third kappa shape index (κ3) is 5.07. The van der Waals surface area contributed by atoms with Gasteiger partial charge in [0, 0.05) is 18.9 Å². The number of rotatable bonds is 8. The Kier molecular flexibility index (Phi) is 7.47. The molecule has 8 nitrogen and oxygen atoms in total. The normalized spacial score (nSPS) is 18.0. The van der Waals surface area contributed by atoms with Gasteiger partial charge in [-0.2, -0.15) is 0 Å². The van der Waals surface area contributed by atoms with Crippen molar-refractivity contribution >= 4 is 18.0 Å². The predicted molar refractivity (Wildman–Crippen MR) is 125 cm³/mol. The number of nitrogens with zero attached hydrogens (tertiary/aromatic N) is 1. The highest BCUT2D eigenvalue weighted by atomic mass is 16.5. The van der Waals surface area contributed by atoms with Crippen molar-refractivity contribution in [2.45, 2.75) is 44.2 Å². The van der Waals surface area contributed by atoms with Crippen LogP contribution in [0.2, 0.25) is 0 Å². The number of amides is 2. The lowest BCUT2D eigenvalue weighted by atomic mass is 9.98. The van der Waals surface area contributed by atoms with E-state index in [-0.39, 0.29) is 37.3 Å². The molecule has 2 aromatic carbocycles. The highest BCUT2D eigenvalue weighted by molar-refractivity contribution is 5.86. The molecule has 1 aliphatic carbocycles. The van der Waals surface area contributed by atoms with E-state index in [1.54, 1.807) is 4.90 Å². The SMILES string of the molecule is CCC1COCCN1C(=O)C(CCC(=O)O)NC(=O)OCC1c2ccccc2-c2ccccc21. The fourth-order valence-corrected chi connectivity index (χ4v) is 4.79. The fourth-order valence-electron chi connectivity index (χ4n) is 4.79. The molecule has 2 N–H and O–H groups in total. The molecule has 0 radical (unpaired) electrons. The highest BCUT2D eigenvalue weighted by Gasteiger charge is 2.33. The minimum Gasteiger partial charge on any atom is -0.481 e. The number of benzene rings is 2. The van der Waals surface area contributed by atoms with Gasteiger partial charge in [0.1, 0.15) is 12.6 Å². The van der Waals surface area contributed by atoms with Gasteiger partial charge in [0.05, 0.1) is 19.3 Å². The van der Waals surface area contributed by atoms with Gasteiger partial charge in [0.2, 0.25) is 5.91 Å². The van der Waals surface area contributed by atoms with Crippen LogP contribution in [-0.2, 0) is 19.1 Å². The molecule has 1 fully saturated rings. The van der Waals surface area contributed by atoms with Gasteiger partial charge in [0.15, 0.2) is 0 Å². The van der Waals surface area contributed by atoms with Crippen LogP contribution >= 0.6 is 0 Å². The quantitative estimate of drug-likeness (QED) is 0.618. The second-order valence-corrected chi connectivity index (χ2v) is 8.62. The first-order valence-electron chi connectivity index (χ1n) is 11.7. The molecule has 2 aliphatic rings. The lowest BCUT2D eigenvalue weighted by molar-refractivity contribution is -0.143. The number of carbonyl (C=O) groups is 3. The number of carboxylic acids is 1. The standard InChI is InChI=1S/C26H30N2O6/c1-2-17-15-33-14-13-28(17)25(31)23(11-12-24(29)30)27-26(32)34-16-22-20-9-5-3-7-18(20)19-8-4-6-10-21(19)22/h3-10,17,22-23H,2,11-16H2,1H3,(H,27,32)(H,29,30). The molecular weight excluding hydrogens is 436 g/mol. The molecule has 1 saturated heterocycles. The van der Waals surface area contributed by atoms with Crippen LogP contribution in [0.1, 0.15) is 43.2 Å². The van der Waals surface area contributed by atoms with E-state index in [0.717, 1.165) is 22.3 Å². The zero-order valence-electron chi connectivity index (χ0n) is 19.2. The van der Waals surface area contributed by atoms with Crippen LogP contribution in [-0.4, -0.2) is 66.4 Å². The fraction of sp³-hybridized carbons (Fsp3) is 0.423. The van der Waals surface area contributed by atoms with Crippen LogP contribution in [0.4, 0.5) is 4.79 Å². The summed E-state index contributed by atoms with van der Waals surface area (Å²) < 4.78 is 11.0. The third-order valence-corrected chi connectivity index (χ3v) is 6.56. The summed E-state index contributed by atoms with van der Waals surface area (Å²) in [5.74, 6) is -1.43. The zero-order valence-corrected chi connectivity index (χ0v) is 19.2. The van der Waals surface area contributed by atoms with Crippen LogP contribution < -0.4 is 5.32 Å². The molecule has 2 aromatic rings. The van der Waals surface area contributed by atoms with E-state index in [9.17, 15) is 14.4 Å². The number of fused-ring (bicyclic) bond motifs is 3. The van der Waals surface area contributed by atoms with Gasteiger partial charge in [-0.1, -0.05) is 55.5 Å². The van der Waals surface area contributed by atoms with Gasteiger partial charge < -0.3 is 24.8 Å². The Morgan fingerprint density at radius 3 is 2.38 bits per heavy atom. The first kappa shape index (κ1) is 23.8. The number of hydrogen-bond donors (Lipinski definition) is 2. The number of hydrogen-bond acceptors (Lipinski definition) is 5. The molecule has 0 spiro atoms. The number of aliphatic carboxylic acids is 1. The number of carbonyl (C=O) groups excluding carboxylic acids is 2. The summed E-state index contributed by atoms with van der Waals surface area (Å²) >= 11 is 0. The van der Waals surface area contributed by atoms with Gasteiger partial charge >= 0.3 is 12.1 Å². The number of alkyl carbamates (subject to hydrolysis) is 1. The first-order chi connectivity index (χ1) is 16.5. The number of carboxylic acid groups (broad SMARTS) is 1. The van der Waals surface area contributed by atoms with Gasteiger partial charge in [-0.25, -0.2) is 4.79 Å². The Hall–Kier alpha value is -3.39. The van der Waals surface area contributed by atoms with E-state index in [1.807, 2.05) is 43.3 Å². The Labute approximate surface area is 198 Å². The molecule has 0 saturated carbocycles. The summed E-state index contributed by atoms with van der Waals surface area (Å²) in [5.41, 5.74) is 4.43. The molecule has 0 aromatic heterocycles. The van der Waals surface area contributed by atoms with Crippen molar-refractivity contribution in [2.75, 3.05) is 26.4 Å². The number of ether oxygens (including phenoxy) is 2. The van der Waals surface area contributed by atoms with Crippen molar-refractivity contribution in [3.63, 3.8) is 0 Å². The van der Waals surface area contributed by atoms with E-state index in [1.165, 1.54) is 0 Å². The lowest BCUT2D eigenvalue weighted by Crippen LogP contribution is -2.56. The monoisotopic (exact) mass is 466 g/mol. The molecule has 1 aliphatic heterocycles. The second kappa shape index (κ2) is 10.7. The summed E-state index contributed by atoms with van der Waals surface area (Å²) in [5, 5.41) is 11.8. The maximum atomic E-state index is 13.2. The summed E-state index contributed by atoms with van der Waals surface area (Å²) in [4.78, 5) is 38.8. The Bertz CT molecular complexity index is 1010. The number of morpholine rings is 1. The molecule has 2 unspecified atom stereocenters. The van der Waals surface area contributed by atoms with Crippen LogP contribution in [0.25, 0.3) is 11.1 Å². The summed E-state index contributed by atoms with van der Waals surface area (Å²) in [6.07, 6.45) is -0.262. The third-order valence-electron chi connectivity index (χ3n) is 6.56. The maximum Gasteiger partial charge on any atom is 0.407 e. The molecule has 180 valence electrons. The molecule has 0 bridgehead atoms. The summed E-state index contributed by atoms with van der Waals surface area (Å²) in [7, 11) is 0. The minimum absolute atomic E-state index is 0.00778. The topological polar surface area (TPSA) is 105 Å². The molecule has 34 heavy (non-hydrogen) atoms. The average Bonchev–Trinajstić information content (AvgIpc) is 3.18. The summed E-state index contributed by atoms with van der Waals surface area (Å²) in [6.45, 7) is 3.34. The predicted octanol–water partition coefficient (Wildman–Crippen LogP) is 3.40. The van der Waals surface area contributed by atoms with E-state index >= 15 is 0 Å². The first-order valence-corrected chi connectivity index (χ1v) is 11.7. The zero-order chi connectivity index (χ0) is 24.1. The van der Waals surface area contributed by atoms with Crippen molar-refractivity contribution in [3.05, 3.63) is 59.7 Å². The van der Waals surface area contributed by atoms with E-state index in [0.29, 0.717) is 26.2 Å². The largest absolute Gasteiger partial charge is 0.481 e. The van der Waals surface area contributed by atoms with Gasteiger partial charge in [-0.3, -0.25) is 9.59 Å². The van der Waals surface area contributed by atoms with E-state index < -0.39 is 18.1 Å². The smallest absolute Gasteiger partial charge is 0.407 e. The molecule has 1 heterocycles. The molecule has 2 atom stereocenters. The molecule has 8 heteroatoms.